The van der Waals surface area contributed by atoms with Crippen molar-refractivity contribution in [3.8, 4) is 5.75 Å². The number of aliphatic carboxylic acids is 1. The van der Waals surface area contributed by atoms with Gasteiger partial charge in [0.05, 0.1) is 5.54 Å². The molecule has 5 nitrogen and oxygen atoms in total. The van der Waals surface area contributed by atoms with Crippen LogP contribution in [0.25, 0.3) is 11.6 Å². The highest BCUT2D eigenvalue weighted by molar-refractivity contribution is 5.96. The van der Waals surface area contributed by atoms with Crippen molar-refractivity contribution >= 4 is 34.7 Å². The fourth-order valence-electron chi connectivity index (χ4n) is 6.27. The van der Waals surface area contributed by atoms with Crippen molar-refractivity contribution in [3.05, 3.63) is 77.1 Å². The lowest BCUT2D eigenvalue weighted by Gasteiger charge is -2.44. The molecule has 0 saturated heterocycles. The molecule has 39 heavy (non-hydrogen) atoms. The molecule has 0 spiro atoms. The smallest absolute Gasteiger partial charge is 0.303 e. The van der Waals surface area contributed by atoms with Crippen LogP contribution in [-0.2, 0) is 4.79 Å². The Labute approximate surface area is 232 Å². The van der Waals surface area contributed by atoms with E-state index >= 15 is 0 Å². The SMILES string of the molecule is CC1=CC(C)(C)N(CCCCCC(=O)O)c2cc3c(cc21)C=C1C(=CC(=[N+](C)c2ccccc2)CC1(C)C)O3. The van der Waals surface area contributed by atoms with Crippen molar-refractivity contribution in [2.24, 2.45) is 5.41 Å². The van der Waals surface area contributed by atoms with Gasteiger partial charge in [-0.25, -0.2) is 0 Å². The lowest BCUT2D eigenvalue weighted by Crippen LogP contribution is -2.45. The summed E-state index contributed by atoms with van der Waals surface area (Å²) in [6.45, 7) is 12.2. The van der Waals surface area contributed by atoms with Gasteiger partial charge in [-0.1, -0.05) is 44.5 Å². The van der Waals surface area contributed by atoms with Crippen LogP contribution in [0, 0.1) is 5.41 Å². The number of unbranched alkanes of at least 4 members (excludes halogenated alkanes) is 2. The number of anilines is 1. The zero-order valence-electron chi connectivity index (χ0n) is 24.2. The van der Waals surface area contributed by atoms with E-state index in [1.54, 1.807) is 0 Å². The first-order valence-electron chi connectivity index (χ1n) is 14.1. The summed E-state index contributed by atoms with van der Waals surface area (Å²) in [6, 6.07) is 15.0. The minimum Gasteiger partial charge on any atom is -0.481 e. The summed E-state index contributed by atoms with van der Waals surface area (Å²) in [4.78, 5) is 13.4. The van der Waals surface area contributed by atoms with Crippen LogP contribution in [0.15, 0.2) is 65.9 Å². The Balaban J connectivity index is 1.51. The molecule has 2 aromatic rings. The number of benzene rings is 2. The molecule has 0 saturated carbocycles. The van der Waals surface area contributed by atoms with Crippen molar-refractivity contribution in [2.75, 3.05) is 18.5 Å². The van der Waals surface area contributed by atoms with Crippen molar-refractivity contribution in [3.63, 3.8) is 0 Å². The van der Waals surface area contributed by atoms with Crippen LogP contribution >= 0.6 is 0 Å². The van der Waals surface area contributed by atoms with E-state index in [1.807, 2.05) is 6.07 Å². The normalized spacial score (nSPS) is 19.9. The van der Waals surface area contributed by atoms with Gasteiger partial charge < -0.3 is 14.7 Å². The van der Waals surface area contributed by atoms with E-state index in [1.165, 1.54) is 33.8 Å². The first-order chi connectivity index (χ1) is 18.5. The first kappa shape index (κ1) is 27.0. The lowest BCUT2D eigenvalue weighted by molar-refractivity contribution is -0.406. The second-order valence-corrected chi connectivity index (χ2v) is 12.4. The molecular weight excluding hydrogens is 484 g/mol. The molecule has 3 aliphatic rings. The zero-order chi connectivity index (χ0) is 27.9. The number of carbonyl (C=O) groups is 1. The van der Waals surface area contributed by atoms with E-state index in [2.05, 4.69) is 106 Å². The van der Waals surface area contributed by atoms with Crippen LogP contribution in [0.3, 0.4) is 0 Å². The number of hydrogen-bond acceptors (Lipinski definition) is 3. The predicted molar refractivity (Wildman–Crippen MR) is 160 cm³/mol. The average Bonchev–Trinajstić information content (AvgIpc) is 2.87. The molecule has 2 heterocycles. The van der Waals surface area contributed by atoms with E-state index in [0.29, 0.717) is 6.42 Å². The summed E-state index contributed by atoms with van der Waals surface area (Å²) < 4.78 is 8.97. The highest BCUT2D eigenvalue weighted by Gasteiger charge is 2.39. The molecule has 1 N–H and O–H groups in total. The van der Waals surface area contributed by atoms with Crippen LogP contribution in [0.5, 0.6) is 5.75 Å². The number of ether oxygens (including phenoxy) is 1. The van der Waals surface area contributed by atoms with Gasteiger partial charge in [-0.15, -0.1) is 0 Å². The van der Waals surface area contributed by atoms with E-state index in [-0.39, 0.29) is 17.4 Å². The third-order valence-electron chi connectivity index (χ3n) is 8.39. The highest BCUT2D eigenvalue weighted by atomic mass is 16.5. The predicted octanol–water partition coefficient (Wildman–Crippen LogP) is 7.84. The van der Waals surface area contributed by atoms with Crippen LogP contribution in [0.1, 0.15) is 77.8 Å². The van der Waals surface area contributed by atoms with Gasteiger partial charge in [0, 0.05) is 71.5 Å². The van der Waals surface area contributed by atoms with Crippen LogP contribution in [-0.4, -0.2) is 40.5 Å². The third-order valence-corrected chi connectivity index (χ3v) is 8.39. The Kier molecular flexibility index (Phi) is 7.04. The van der Waals surface area contributed by atoms with Gasteiger partial charge in [-0.05, 0) is 51.3 Å². The summed E-state index contributed by atoms with van der Waals surface area (Å²) in [7, 11) is 2.13. The number of carboxylic acid groups (broad SMARTS) is 1. The fourth-order valence-corrected chi connectivity index (χ4v) is 6.27. The summed E-state index contributed by atoms with van der Waals surface area (Å²) in [5.41, 5.74) is 8.29. The zero-order valence-corrected chi connectivity index (χ0v) is 24.2. The molecule has 2 aromatic carbocycles. The van der Waals surface area contributed by atoms with E-state index in [9.17, 15) is 4.79 Å². The van der Waals surface area contributed by atoms with E-state index in [0.717, 1.165) is 42.9 Å². The molecule has 5 heteroatoms. The van der Waals surface area contributed by atoms with Gasteiger partial charge >= 0.3 is 5.97 Å². The maximum atomic E-state index is 10.9. The Hall–Kier alpha value is -3.60. The highest BCUT2D eigenvalue weighted by Crippen LogP contribution is 2.49. The number of nitrogens with zero attached hydrogens (tertiary/aromatic N) is 2. The minimum absolute atomic E-state index is 0.0646. The summed E-state index contributed by atoms with van der Waals surface area (Å²) in [5, 5.41) is 8.99. The summed E-state index contributed by atoms with van der Waals surface area (Å²) in [6.07, 6.45) is 10.6. The summed E-state index contributed by atoms with van der Waals surface area (Å²) in [5.74, 6) is 1.10. The van der Waals surface area contributed by atoms with Crippen LogP contribution in [0.4, 0.5) is 11.4 Å². The number of para-hydroxylation sites is 1. The standard InChI is InChI=1S/C34H40N2O3/c1-23-21-34(4,5)36(16-12-8-11-15-32(37)38)29-20-30-24(17-27(23)29)18-28-31(39-30)19-26(22-33(28,2)3)35(6)25-13-9-7-10-14-25/h7,9-10,13-14,17-21H,8,11-12,15-16,22H2,1-6H3/p+1. The lowest BCUT2D eigenvalue weighted by atomic mass is 9.73. The molecule has 0 bridgehead atoms. The average molecular weight is 526 g/mol. The Morgan fingerprint density at radius 2 is 1.79 bits per heavy atom. The molecule has 0 aromatic heterocycles. The molecule has 5 rings (SSSR count). The topological polar surface area (TPSA) is 52.8 Å². The fraction of sp³-hybridized carbons (Fsp3) is 0.412. The van der Waals surface area contributed by atoms with Crippen molar-refractivity contribution in [2.45, 2.75) is 72.3 Å². The van der Waals surface area contributed by atoms with Gasteiger partial charge in [0.2, 0.25) is 5.69 Å². The van der Waals surface area contributed by atoms with Crippen LogP contribution < -0.4 is 9.64 Å². The van der Waals surface area contributed by atoms with Crippen molar-refractivity contribution in [1.29, 1.82) is 0 Å². The second kappa shape index (κ2) is 10.2. The summed E-state index contributed by atoms with van der Waals surface area (Å²) >= 11 is 0. The number of rotatable bonds is 7. The number of allylic oxidation sites excluding steroid dienone is 3. The maximum absolute atomic E-state index is 10.9. The third kappa shape index (κ3) is 5.32. The van der Waals surface area contributed by atoms with Gasteiger partial charge in [0.15, 0.2) is 5.71 Å². The van der Waals surface area contributed by atoms with Gasteiger partial charge in [-0.3, -0.25) is 4.79 Å². The number of fused-ring (bicyclic) bond motifs is 3. The molecule has 2 aliphatic heterocycles. The first-order valence-corrected chi connectivity index (χ1v) is 14.1. The minimum atomic E-state index is -0.719. The largest absolute Gasteiger partial charge is 0.481 e. The molecule has 0 fully saturated rings. The van der Waals surface area contributed by atoms with Crippen molar-refractivity contribution in [1.82, 2.24) is 0 Å². The van der Waals surface area contributed by atoms with Gasteiger partial charge in [0.25, 0.3) is 0 Å². The molecule has 204 valence electrons. The molecular formula is C34H41N2O3+. The molecule has 0 atom stereocenters. The Bertz CT molecular complexity index is 1420. The van der Waals surface area contributed by atoms with Gasteiger partial charge in [-0.2, -0.15) is 4.58 Å². The Morgan fingerprint density at radius 3 is 2.51 bits per heavy atom. The number of carboxylic acids is 1. The molecule has 1 aliphatic carbocycles. The monoisotopic (exact) mass is 525 g/mol. The molecule has 0 amide bonds. The van der Waals surface area contributed by atoms with E-state index in [4.69, 9.17) is 9.84 Å². The molecule has 0 radical (unpaired) electrons. The van der Waals surface area contributed by atoms with Crippen LogP contribution in [0.2, 0.25) is 0 Å². The maximum Gasteiger partial charge on any atom is 0.303 e. The van der Waals surface area contributed by atoms with Crippen molar-refractivity contribution < 1.29 is 19.2 Å². The molecule has 0 unspecified atom stereocenters. The number of hydrogen-bond donors (Lipinski definition) is 1. The van der Waals surface area contributed by atoms with E-state index < -0.39 is 5.97 Å². The quantitative estimate of drug-likeness (QED) is 0.296. The second-order valence-electron chi connectivity index (χ2n) is 12.4. The van der Waals surface area contributed by atoms with Gasteiger partial charge in [0.1, 0.15) is 18.6 Å². The Morgan fingerprint density at radius 1 is 1.05 bits per heavy atom.